The topological polar surface area (TPSA) is 160 Å². The molecule has 10 nitrogen and oxygen atoms in total. The molecule has 0 aromatic carbocycles. The number of ether oxygens (including phenoxy) is 1. The highest BCUT2D eigenvalue weighted by molar-refractivity contribution is 5.70. The number of aliphatic hydroxyl groups excluding tert-OH is 3. The Kier molecular flexibility index (Phi) is 3.36. The number of imidazole rings is 1. The van der Waals surface area contributed by atoms with Crippen molar-refractivity contribution in [2.45, 2.75) is 24.1 Å². The Morgan fingerprint density at radius 3 is 2.77 bits per heavy atom. The molecule has 3 heterocycles. The normalized spacial score (nSPS) is 27.5. The van der Waals surface area contributed by atoms with Crippen LogP contribution in [0.25, 0.3) is 11.2 Å². The number of aromatic amines is 1. The van der Waals surface area contributed by atoms with Gasteiger partial charge in [-0.05, 0) is 0 Å². The molecular formula is C11H14FN5O5. The van der Waals surface area contributed by atoms with E-state index in [1.165, 1.54) is 0 Å². The molecule has 1 saturated heterocycles. The predicted octanol–water partition coefficient (Wildman–Crippen LogP) is -2.35. The number of anilines is 1. The first-order valence-corrected chi connectivity index (χ1v) is 6.37. The summed E-state index contributed by atoms with van der Waals surface area (Å²) >= 11 is 0. The van der Waals surface area contributed by atoms with Crippen LogP contribution >= 0.6 is 0 Å². The molecule has 0 saturated carbocycles. The predicted molar refractivity (Wildman–Crippen MR) is 70.5 cm³/mol. The smallest absolute Gasteiger partial charge is 0.280 e. The van der Waals surface area contributed by atoms with Gasteiger partial charge < -0.3 is 25.8 Å². The van der Waals surface area contributed by atoms with Crippen LogP contribution in [-0.2, 0) is 4.74 Å². The molecule has 6 N–H and O–H groups in total. The van der Waals surface area contributed by atoms with E-state index >= 15 is 0 Å². The second kappa shape index (κ2) is 4.98. The van der Waals surface area contributed by atoms with Crippen molar-refractivity contribution in [1.29, 1.82) is 0 Å². The van der Waals surface area contributed by atoms with Crippen molar-refractivity contribution in [3.8, 4) is 0 Å². The number of nitrogens with two attached hydrogens (primary N) is 1. The van der Waals surface area contributed by atoms with Crippen LogP contribution in [0.4, 0.5) is 10.3 Å². The summed E-state index contributed by atoms with van der Waals surface area (Å²) in [4.78, 5) is 21.6. The highest BCUT2D eigenvalue weighted by Gasteiger charge is 2.55. The molecular weight excluding hydrogens is 301 g/mol. The molecule has 3 atom stereocenters. The van der Waals surface area contributed by atoms with E-state index in [1.807, 2.05) is 0 Å². The Balaban J connectivity index is 2.11. The number of halogens is 1. The fraction of sp³-hybridized carbons (Fsp3) is 0.545. The number of aliphatic hydroxyl groups is 3. The molecule has 11 heteroatoms. The van der Waals surface area contributed by atoms with E-state index in [1.54, 1.807) is 0 Å². The van der Waals surface area contributed by atoms with E-state index < -0.39 is 42.9 Å². The highest BCUT2D eigenvalue weighted by Crippen LogP contribution is 2.39. The van der Waals surface area contributed by atoms with E-state index in [0.29, 0.717) is 0 Å². The SMILES string of the molecule is Nc1nc2c(ncn2[C@@H]2OC(CO)(CO)[C@@H](O)[C@@H]2F)c(=O)[nH]1. The molecule has 1 aliphatic heterocycles. The largest absolute Gasteiger partial charge is 0.393 e. The second-order valence-corrected chi connectivity index (χ2v) is 5.05. The number of nitrogens with one attached hydrogen (secondary N) is 1. The van der Waals surface area contributed by atoms with E-state index in [0.717, 1.165) is 10.9 Å². The third-order valence-corrected chi connectivity index (χ3v) is 3.73. The zero-order valence-electron chi connectivity index (χ0n) is 11.2. The van der Waals surface area contributed by atoms with Crippen LogP contribution < -0.4 is 11.3 Å². The molecule has 2 aromatic rings. The lowest BCUT2D eigenvalue weighted by Crippen LogP contribution is -2.48. The number of fused-ring (bicyclic) bond motifs is 1. The van der Waals surface area contributed by atoms with E-state index in [2.05, 4.69) is 15.0 Å². The third-order valence-electron chi connectivity index (χ3n) is 3.73. The molecule has 0 unspecified atom stereocenters. The summed E-state index contributed by atoms with van der Waals surface area (Å²) in [6.07, 6.45) is -4.04. The Hall–Kier alpha value is -2.08. The molecule has 1 aliphatic rings. The lowest BCUT2D eigenvalue weighted by molar-refractivity contribution is -0.149. The second-order valence-electron chi connectivity index (χ2n) is 5.05. The minimum atomic E-state index is -1.97. The maximum atomic E-state index is 14.4. The van der Waals surface area contributed by atoms with E-state index in [-0.39, 0.29) is 17.1 Å². The molecule has 1 fully saturated rings. The summed E-state index contributed by atoms with van der Waals surface area (Å²) in [5, 5.41) is 28.5. The van der Waals surface area contributed by atoms with Crippen molar-refractivity contribution in [3.63, 3.8) is 0 Å². The van der Waals surface area contributed by atoms with Gasteiger partial charge in [-0.3, -0.25) is 14.3 Å². The highest BCUT2D eigenvalue weighted by atomic mass is 19.1. The summed E-state index contributed by atoms with van der Waals surface area (Å²) in [5.41, 5.74) is 2.87. The van der Waals surface area contributed by atoms with Crippen LogP contribution in [0.15, 0.2) is 11.1 Å². The van der Waals surface area contributed by atoms with Crippen LogP contribution in [0.2, 0.25) is 0 Å². The first-order valence-electron chi connectivity index (χ1n) is 6.37. The lowest BCUT2D eigenvalue weighted by Gasteiger charge is -2.27. The van der Waals surface area contributed by atoms with Crippen LogP contribution in [-0.4, -0.2) is 65.9 Å². The van der Waals surface area contributed by atoms with Crippen molar-refractivity contribution < 1.29 is 24.4 Å². The summed E-state index contributed by atoms with van der Waals surface area (Å²) < 4.78 is 20.7. The van der Waals surface area contributed by atoms with Gasteiger partial charge >= 0.3 is 0 Å². The number of H-pyrrole nitrogens is 1. The number of nitrogen functional groups attached to an aromatic ring is 1. The van der Waals surface area contributed by atoms with Gasteiger partial charge in [0, 0.05) is 0 Å². The molecule has 0 spiro atoms. The van der Waals surface area contributed by atoms with Crippen molar-refractivity contribution in [3.05, 3.63) is 16.7 Å². The van der Waals surface area contributed by atoms with Gasteiger partial charge in [0.25, 0.3) is 5.56 Å². The molecule has 0 amide bonds. The van der Waals surface area contributed by atoms with Gasteiger partial charge in [-0.1, -0.05) is 0 Å². The minimum absolute atomic E-state index is 0.0345. The van der Waals surface area contributed by atoms with Crippen LogP contribution in [0, 0.1) is 0 Å². The van der Waals surface area contributed by atoms with Crippen LogP contribution in [0.3, 0.4) is 0 Å². The minimum Gasteiger partial charge on any atom is -0.393 e. The van der Waals surface area contributed by atoms with Crippen molar-refractivity contribution >= 4 is 17.1 Å². The Morgan fingerprint density at radius 1 is 1.50 bits per heavy atom. The van der Waals surface area contributed by atoms with Gasteiger partial charge in [-0.25, -0.2) is 9.37 Å². The average molecular weight is 315 g/mol. The number of hydrogen-bond acceptors (Lipinski definition) is 8. The molecule has 120 valence electrons. The number of nitrogens with zero attached hydrogens (tertiary/aromatic N) is 3. The van der Waals surface area contributed by atoms with Gasteiger partial charge in [-0.2, -0.15) is 4.98 Å². The molecule has 22 heavy (non-hydrogen) atoms. The maximum absolute atomic E-state index is 14.4. The number of rotatable bonds is 3. The number of aromatic nitrogens is 4. The number of alkyl halides is 1. The number of hydrogen-bond donors (Lipinski definition) is 5. The summed E-state index contributed by atoms with van der Waals surface area (Å²) in [6, 6.07) is 0. The monoisotopic (exact) mass is 315 g/mol. The third kappa shape index (κ3) is 1.90. The zero-order chi connectivity index (χ0) is 16.1. The van der Waals surface area contributed by atoms with Gasteiger partial charge in [-0.15, -0.1) is 0 Å². The van der Waals surface area contributed by atoms with Crippen LogP contribution in [0.5, 0.6) is 0 Å². The Morgan fingerprint density at radius 2 is 2.18 bits per heavy atom. The van der Waals surface area contributed by atoms with Gasteiger partial charge in [0.15, 0.2) is 23.6 Å². The maximum Gasteiger partial charge on any atom is 0.280 e. The van der Waals surface area contributed by atoms with Crippen molar-refractivity contribution in [2.24, 2.45) is 0 Å². The van der Waals surface area contributed by atoms with Gasteiger partial charge in [0.2, 0.25) is 5.95 Å². The van der Waals surface area contributed by atoms with Gasteiger partial charge in [0.05, 0.1) is 19.5 Å². The standard InChI is InChI=1S/C11H14FN5O5/c12-4-6(20)11(1-18,2-19)22-9(4)17-3-14-5-7(17)15-10(13)16-8(5)21/h3-4,6,9,18-20H,1-2H2,(H3,13,15,16,21)/t4-,6-,9+/m0/s1. The van der Waals surface area contributed by atoms with Crippen molar-refractivity contribution in [1.82, 2.24) is 19.5 Å². The van der Waals surface area contributed by atoms with Crippen LogP contribution in [0.1, 0.15) is 6.23 Å². The first kappa shape index (κ1) is 14.8. The summed E-state index contributed by atoms with van der Waals surface area (Å²) in [6.45, 7) is -1.57. The zero-order valence-corrected chi connectivity index (χ0v) is 11.2. The Labute approximate surface area is 122 Å². The first-order chi connectivity index (χ1) is 10.4. The Bertz CT molecular complexity index is 757. The molecule has 2 aromatic heterocycles. The fourth-order valence-corrected chi connectivity index (χ4v) is 2.47. The van der Waals surface area contributed by atoms with Crippen molar-refractivity contribution in [2.75, 3.05) is 18.9 Å². The average Bonchev–Trinajstić information content (AvgIpc) is 3.01. The fourth-order valence-electron chi connectivity index (χ4n) is 2.47. The summed E-state index contributed by atoms with van der Waals surface area (Å²) in [5.74, 6) is -0.191. The lowest BCUT2D eigenvalue weighted by atomic mass is 9.98. The van der Waals surface area contributed by atoms with Gasteiger partial charge in [0.1, 0.15) is 11.7 Å². The molecule has 0 bridgehead atoms. The summed E-state index contributed by atoms with van der Waals surface area (Å²) in [7, 11) is 0. The molecule has 3 rings (SSSR count). The van der Waals surface area contributed by atoms with E-state index in [4.69, 9.17) is 10.5 Å². The molecule has 0 radical (unpaired) electrons. The quantitative estimate of drug-likeness (QED) is 0.421. The molecule has 0 aliphatic carbocycles. The van der Waals surface area contributed by atoms with E-state index in [9.17, 15) is 24.5 Å².